The van der Waals surface area contributed by atoms with Gasteiger partial charge in [-0.25, -0.2) is 0 Å². The van der Waals surface area contributed by atoms with Crippen LogP contribution in [0.15, 0.2) is 0 Å². The van der Waals surface area contributed by atoms with Crippen molar-refractivity contribution in [1.29, 1.82) is 0 Å². The summed E-state index contributed by atoms with van der Waals surface area (Å²) in [5.74, 6) is 0. The summed E-state index contributed by atoms with van der Waals surface area (Å²) in [6.45, 7) is 0.167. The molecule has 0 saturated carbocycles. The molecule has 0 N–H and O–H groups in total. The molecule has 0 rings (SSSR count). The molecule has 0 unspecified atom stereocenters. The quantitative estimate of drug-likeness (QED) is 0.287. The van der Waals surface area contributed by atoms with Crippen LogP contribution in [0.4, 0.5) is 0 Å². The molecule has 0 atom stereocenters. The zero-order valence-electron chi connectivity index (χ0n) is 4.96. The number of hydrogen-bond acceptors (Lipinski definition) is 3. The lowest BCUT2D eigenvalue weighted by Gasteiger charge is -2.10. The Morgan fingerprint density at radius 1 is 1.62 bits per heavy atom. The van der Waals surface area contributed by atoms with E-state index in [0.29, 0.717) is 6.41 Å². The highest BCUT2D eigenvalue weighted by Gasteiger charge is 1.92. The zero-order valence-corrected chi connectivity index (χ0v) is 4.96. The average molecular weight is 119 g/mol. The Kier molecular flexibility index (Phi) is 4.20. The summed E-state index contributed by atoms with van der Waals surface area (Å²) in [4.78, 5) is 14.3. The van der Waals surface area contributed by atoms with Gasteiger partial charge in [0.15, 0.2) is 0 Å². The second-order valence-electron chi connectivity index (χ2n) is 1.12. The van der Waals surface area contributed by atoms with Gasteiger partial charge in [0.25, 0.3) is 0 Å². The molecule has 0 heterocycles. The number of ether oxygens (including phenoxy) is 1. The minimum atomic E-state index is 0.167. The van der Waals surface area contributed by atoms with Gasteiger partial charge in [-0.2, -0.15) is 5.06 Å². The monoisotopic (exact) mass is 119 g/mol. The predicted molar refractivity (Wildman–Crippen MR) is 26.8 cm³/mol. The van der Waals surface area contributed by atoms with Crippen molar-refractivity contribution < 1.29 is 14.4 Å². The van der Waals surface area contributed by atoms with Crippen molar-refractivity contribution in [2.24, 2.45) is 0 Å². The van der Waals surface area contributed by atoms with Gasteiger partial charge in [-0.3, -0.25) is 9.63 Å². The lowest BCUT2D eigenvalue weighted by molar-refractivity contribution is -0.183. The first kappa shape index (κ1) is 7.39. The van der Waals surface area contributed by atoms with Crippen LogP contribution in [0.1, 0.15) is 0 Å². The number of methoxy groups -OCH3 is 1. The third-order valence-electron chi connectivity index (χ3n) is 0.608. The Morgan fingerprint density at radius 3 is 2.38 bits per heavy atom. The van der Waals surface area contributed by atoms with Crippen molar-refractivity contribution in [2.75, 3.05) is 21.0 Å². The molecule has 4 nitrogen and oxygen atoms in total. The van der Waals surface area contributed by atoms with Gasteiger partial charge in [-0.05, 0) is 0 Å². The smallest absolute Gasteiger partial charge is 0.235 e. The van der Waals surface area contributed by atoms with Gasteiger partial charge in [-0.1, -0.05) is 0 Å². The predicted octanol–water partition coefficient (Wildman–Crippen LogP) is -0.390. The molecular weight excluding hydrogens is 110 g/mol. The fourth-order valence-electron chi connectivity index (χ4n) is 0.253. The minimum absolute atomic E-state index is 0.167. The molecule has 48 valence electrons. The van der Waals surface area contributed by atoms with E-state index in [1.807, 2.05) is 0 Å². The average Bonchev–Trinajstić information content (AvgIpc) is 1.83. The molecule has 0 aliphatic rings. The Balaban J connectivity index is 3.21. The second-order valence-corrected chi connectivity index (χ2v) is 1.12. The van der Waals surface area contributed by atoms with Crippen molar-refractivity contribution in [2.45, 2.75) is 0 Å². The van der Waals surface area contributed by atoms with E-state index < -0.39 is 0 Å². The third-order valence-corrected chi connectivity index (χ3v) is 0.608. The van der Waals surface area contributed by atoms with Gasteiger partial charge in [0.05, 0.1) is 7.11 Å². The zero-order chi connectivity index (χ0) is 6.41. The molecule has 0 aromatic rings. The summed E-state index contributed by atoms with van der Waals surface area (Å²) in [6.07, 6.45) is 0.545. The van der Waals surface area contributed by atoms with E-state index in [9.17, 15) is 4.79 Å². The molecule has 8 heavy (non-hydrogen) atoms. The molecule has 0 saturated heterocycles. The van der Waals surface area contributed by atoms with Crippen molar-refractivity contribution in [3.05, 3.63) is 0 Å². The topological polar surface area (TPSA) is 38.8 Å². The highest BCUT2D eigenvalue weighted by Crippen LogP contribution is 1.79. The Morgan fingerprint density at radius 2 is 2.25 bits per heavy atom. The second kappa shape index (κ2) is 4.55. The number of hydroxylamine groups is 2. The first-order chi connectivity index (χ1) is 3.85. The van der Waals surface area contributed by atoms with Gasteiger partial charge in [0.2, 0.25) is 6.41 Å². The van der Waals surface area contributed by atoms with Crippen LogP contribution in [0.3, 0.4) is 0 Å². The van der Waals surface area contributed by atoms with Crippen LogP contribution in [-0.2, 0) is 14.4 Å². The molecule has 0 aromatic carbocycles. The van der Waals surface area contributed by atoms with Gasteiger partial charge < -0.3 is 4.74 Å². The summed E-state index contributed by atoms with van der Waals surface area (Å²) in [7, 11) is 2.88. The van der Waals surface area contributed by atoms with E-state index in [0.717, 1.165) is 5.06 Å². The van der Waals surface area contributed by atoms with Crippen LogP contribution in [0.2, 0.25) is 0 Å². The van der Waals surface area contributed by atoms with E-state index in [1.54, 1.807) is 0 Å². The molecule has 0 aliphatic heterocycles. The summed E-state index contributed by atoms with van der Waals surface area (Å²) >= 11 is 0. The first-order valence-corrected chi connectivity index (χ1v) is 2.10. The minimum Gasteiger partial charge on any atom is -0.362 e. The molecule has 0 spiro atoms. The number of carbonyl (C=O) groups excluding carboxylic acids is 1. The summed E-state index contributed by atoms with van der Waals surface area (Å²) in [5.41, 5.74) is 0. The molecule has 0 aromatic heterocycles. The highest BCUT2D eigenvalue weighted by molar-refractivity contribution is 5.44. The highest BCUT2D eigenvalue weighted by atomic mass is 16.7. The maximum atomic E-state index is 9.85. The fourth-order valence-corrected chi connectivity index (χ4v) is 0.253. The summed E-state index contributed by atoms with van der Waals surface area (Å²) in [5, 5.41) is 1.03. The van der Waals surface area contributed by atoms with E-state index in [4.69, 9.17) is 0 Å². The molecule has 1 amide bonds. The fraction of sp³-hybridized carbons (Fsp3) is 0.750. The first-order valence-electron chi connectivity index (χ1n) is 2.10. The van der Waals surface area contributed by atoms with Crippen LogP contribution >= 0.6 is 0 Å². The van der Waals surface area contributed by atoms with Crippen molar-refractivity contribution in [1.82, 2.24) is 5.06 Å². The van der Waals surface area contributed by atoms with Crippen molar-refractivity contribution >= 4 is 6.41 Å². The van der Waals surface area contributed by atoms with E-state index in [2.05, 4.69) is 9.57 Å². The van der Waals surface area contributed by atoms with Crippen LogP contribution in [0, 0.1) is 0 Å². The maximum Gasteiger partial charge on any atom is 0.235 e. The number of amides is 1. The number of hydrogen-bond donors (Lipinski definition) is 0. The van der Waals surface area contributed by atoms with E-state index in [-0.39, 0.29) is 6.73 Å². The summed E-state index contributed by atoms with van der Waals surface area (Å²) in [6, 6.07) is 0. The summed E-state index contributed by atoms with van der Waals surface area (Å²) < 4.78 is 4.56. The Hall–Kier alpha value is -0.610. The van der Waals surface area contributed by atoms with Crippen LogP contribution in [-0.4, -0.2) is 32.4 Å². The van der Waals surface area contributed by atoms with Gasteiger partial charge in [0.1, 0.15) is 6.73 Å². The van der Waals surface area contributed by atoms with Gasteiger partial charge in [-0.15, -0.1) is 0 Å². The molecule has 0 aliphatic carbocycles. The van der Waals surface area contributed by atoms with Crippen LogP contribution in [0.25, 0.3) is 0 Å². The lowest BCUT2D eigenvalue weighted by Crippen LogP contribution is -2.22. The molecular formula is C4H9NO3. The number of carbonyl (C=O) groups is 1. The number of nitrogens with zero attached hydrogens (tertiary/aromatic N) is 1. The largest absolute Gasteiger partial charge is 0.362 e. The van der Waals surface area contributed by atoms with Crippen LogP contribution in [0.5, 0.6) is 0 Å². The third kappa shape index (κ3) is 2.54. The van der Waals surface area contributed by atoms with Crippen molar-refractivity contribution in [3.8, 4) is 0 Å². The van der Waals surface area contributed by atoms with E-state index >= 15 is 0 Å². The number of rotatable bonds is 4. The standard InChI is InChI=1S/C4H9NO3/c1-7-4-5(3-6)8-2/h3H,4H2,1-2H3. The van der Waals surface area contributed by atoms with Crippen LogP contribution < -0.4 is 0 Å². The normalized spacial score (nSPS) is 8.75. The molecule has 0 fully saturated rings. The van der Waals surface area contributed by atoms with E-state index in [1.165, 1.54) is 14.2 Å². The van der Waals surface area contributed by atoms with Crippen molar-refractivity contribution in [3.63, 3.8) is 0 Å². The maximum absolute atomic E-state index is 9.85. The Bertz CT molecular complexity index is 66.3. The Labute approximate surface area is 47.9 Å². The lowest BCUT2D eigenvalue weighted by atomic mass is 11.1. The van der Waals surface area contributed by atoms with Gasteiger partial charge >= 0.3 is 0 Å². The molecule has 0 radical (unpaired) electrons. The molecule has 0 bridgehead atoms. The van der Waals surface area contributed by atoms with Gasteiger partial charge in [0, 0.05) is 7.11 Å². The molecule has 4 heteroatoms. The SMILES string of the molecule is COCN(C=O)OC.